The Morgan fingerprint density at radius 2 is 0.794 bits per heavy atom. The van der Waals surface area contributed by atoms with E-state index in [1.165, 1.54) is 122 Å². The van der Waals surface area contributed by atoms with E-state index in [0.29, 0.717) is 0 Å². The average molecular weight is 525 g/mol. The summed E-state index contributed by atoms with van der Waals surface area (Å²) in [5.41, 5.74) is 0. The summed E-state index contributed by atoms with van der Waals surface area (Å²) in [4.78, 5) is 9.95. The van der Waals surface area contributed by atoms with Crippen molar-refractivity contribution in [2.75, 3.05) is 38.9 Å². The molecule has 0 atom stereocenters. The first-order valence-corrected chi connectivity index (χ1v) is 18.6. The molecule has 0 saturated heterocycles. The first-order valence-electron chi connectivity index (χ1n) is 14.6. The first kappa shape index (κ1) is 36.7. The molecule has 0 radical (unpaired) electrons. The minimum atomic E-state index is -3.90. The Labute approximate surface area is 215 Å². The molecular weight excluding hydrogens is 462 g/mol. The van der Waals surface area contributed by atoms with Crippen molar-refractivity contribution in [3.63, 3.8) is 0 Å². The van der Waals surface area contributed by atoms with Crippen molar-refractivity contribution in [1.82, 2.24) is 0 Å². The Bertz CT molecular complexity index is 397. The predicted octanol–water partition coefficient (Wildman–Crippen LogP) is 9.85. The quantitative estimate of drug-likeness (QED) is 0.0931. The van der Waals surface area contributed by atoms with Crippen LogP contribution in [0.25, 0.3) is 0 Å². The molecule has 0 aliphatic heterocycles. The highest BCUT2D eigenvalue weighted by atomic mass is 31.2. The lowest BCUT2D eigenvalue weighted by molar-refractivity contribution is -0.220. The lowest BCUT2D eigenvalue weighted by Gasteiger charge is -2.27. The van der Waals surface area contributed by atoms with Crippen LogP contribution in [0, 0.1) is 0 Å². The fourth-order valence-corrected chi connectivity index (χ4v) is 9.02. The zero-order valence-corrected chi connectivity index (χ0v) is 25.9. The summed E-state index contributed by atoms with van der Waals surface area (Å²) in [7, 11) is -2.47. The molecule has 4 nitrogen and oxygen atoms in total. The average Bonchev–Trinajstić information content (AvgIpc) is 2.85. The summed E-state index contributed by atoms with van der Waals surface area (Å²) < 4.78 is 17.7. The minimum Gasteiger partial charge on any atom is -0.756 e. The lowest BCUT2D eigenvalue weighted by atomic mass is 10.1. The molecule has 0 aromatic heterocycles. The summed E-state index contributed by atoms with van der Waals surface area (Å²) in [5.74, 6) is 0. The number of hydrogen-bond donors (Lipinski definition) is 0. The molecule has 0 saturated carbocycles. The Balaban J connectivity index is 0. The van der Waals surface area contributed by atoms with Crippen LogP contribution in [0.3, 0.4) is 0 Å². The van der Waals surface area contributed by atoms with Crippen molar-refractivity contribution in [3.05, 3.63) is 0 Å². The zero-order valence-electron chi connectivity index (χ0n) is 24.1. The Morgan fingerprint density at radius 1 is 0.529 bits per heavy atom. The summed E-state index contributed by atoms with van der Waals surface area (Å²) in [6.45, 7) is 9.52. The summed E-state index contributed by atoms with van der Waals surface area (Å²) >= 11 is 0. The second kappa shape index (κ2) is 26.6. The molecule has 0 rings (SSSR count). The van der Waals surface area contributed by atoms with E-state index in [1.54, 1.807) is 18.5 Å². The molecule has 0 fully saturated rings. The van der Waals surface area contributed by atoms with Crippen molar-refractivity contribution in [1.29, 1.82) is 0 Å². The second-order valence-electron chi connectivity index (χ2n) is 9.94. The number of phosphoric acid groups is 1. The van der Waals surface area contributed by atoms with Gasteiger partial charge in [0, 0.05) is 21.5 Å². The topological polar surface area (TPSA) is 58.6 Å². The maximum absolute atomic E-state index is 9.95. The molecule has 0 aliphatic rings. The molecule has 34 heavy (non-hydrogen) atoms. The van der Waals surface area contributed by atoms with Gasteiger partial charge in [-0.25, -0.2) is 0 Å². The Morgan fingerprint density at radius 3 is 1.00 bits per heavy atom. The van der Waals surface area contributed by atoms with Crippen LogP contribution in [0.15, 0.2) is 0 Å². The fraction of sp³-hybridized carbons (Fsp3) is 1.00. The maximum atomic E-state index is 9.95. The molecule has 0 bridgehead atoms. The van der Waals surface area contributed by atoms with Gasteiger partial charge in [0.25, 0.3) is 7.82 Å². The molecule has 0 N–H and O–H groups in total. The number of unbranched alkanes of at least 4 members (excludes halogenated alkanes) is 15. The van der Waals surface area contributed by atoms with Crippen LogP contribution in [0.5, 0.6) is 0 Å². The molecule has 6 heteroatoms. The highest BCUT2D eigenvalue weighted by Crippen LogP contribution is 2.60. The van der Waals surface area contributed by atoms with E-state index >= 15 is 0 Å². The van der Waals surface area contributed by atoms with Crippen molar-refractivity contribution in [3.8, 4) is 0 Å². The van der Waals surface area contributed by atoms with Gasteiger partial charge in [0.15, 0.2) is 0 Å². The lowest BCUT2D eigenvalue weighted by Crippen LogP contribution is -2.11. The van der Waals surface area contributed by atoms with Crippen molar-refractivity contribution < 1.29 is 18.5 Å². The third-order valence-electron chi connectivity index (χ3n) is 7.08. The van der Waals surface area contributed by atoms with Gasteiger partial charge in [-0.15, -0.1) is 0 Å². The summed E-state index contributed by atoms with van der Waals surface area (Å²) in [6, 6.07) is 0. The van der Waals surface area contributed by atoms with Crippen molar-refractivity contribution in [2.45, 2.75) is 143 Å². The molecular formula is C28H62O4P2. The van der Waals surface area contributed by atoms with Gasteiger partial charge in [-0.2, -0.15) is 0 Å². The van der Waals surface area contributed by atoms with Gasteiger partial charge in [0.1, 0.15) is 0 Å². The third kappa shape index (κ3) is 24.2. The van der Waals surface area contributed by atoms with E-state index in [4.69, 9.17) is 0 Å². The molecule has 0 unspecified atom stereocenters. The first-order chi connectivity index (χ1) is 16.4. The molecule has 0 amide bonds. The van der Waals surface area contributed by atoms with E-state index in [9.17, 15) is 9.46 Å². The molecule has 208 valence electrons. The molecule has 0 aromatic carbocycles. The monoisotopic (exact) mass is 524 g/mol. The number of hydrogen-bond acceptors (Lipinski definition) is 4. The Kier molecular flexibility index (Phi) is 28.7. The molecule has 0 aliphatic carbocycles. The second-order valence-corrected chi connectivity index (χ2v) is 16.2. The van der Waals surface area contributed by atoms with Crippen molar-refractivity contribution in [2.24, 2.45) is 0 Å². The van der Waals surface area contributed by atoms with E-state index in [-0.39, 0.29) is 0 Å². The van der Waals surface area contributed by atoms with Gasteiger partial charge in [-0.3, -0.25) is 4.57 Å². The van der Waals surface area contributed by atoms with Crippen LogP contribution in [0.4, 0.5) is 0 Å². The summed E-state index contributed by atoms with van der Waals surface area (Å²) in [5, 5.41) is 0. The van der Waals surface area contributed by atoms with Gasteiger partial charge in [0.05, 0.1) is 24.6 Å². The number of rotatable bonds is 24. The zero-order chi connectivity index (χ0) is 26.0. The SMILES string of the molecule is CCCCCCCC[P+](CC)(CCCCCCCC)CCCCCCCC.COP(=O)([O-])OC. The van der Waals surface area contributed by atoms with Gasteiger partial charge in [-0.05, 0) is 45.4 Å². The number of phosphoric ester groups is 1. The summed E-state index contributed by atoms with van der Waals surface area (Å²) in [6.07, 6.45) is 32.9. The van der Waals surface area contributed by atoms with Gasteiger partial charge in [0.2, 0.25) is 0 Å². The van der Waals surface area contributed by atoms with Gasteiger partial charge < -0.3 is 13.9 Å². The van der Waals surface area contributed by atoms with Crippen LogP contribution < -0.4 is 4.89 Å². The normalized spacial score (nSPS) is 12.0. The third-order valence-corrected chi connectivity index (χ3v) is 13.1. The fourth-order valence-electron chi connectivity index (χ4n) is 4.57. The van der Waals surface area contributed by atoms with Crippen LogP contribution >= 0.6 is 15.1 Å². The standard InChI is InChI=1S/C26H56P.C2H7O4P/c1-5-9-12-15-18-21-24-27(8-4,25-22-19-16-13-10-6-2)26-23-20-17-14-11-7-3;1-5-7(3,4)6-2/h5-26H2,1-4H3;1-2H3,(H,3,4)/q+1;/p-1. The van der Waals surface area contributed by atoms with Crippen LogP contribution in [-0.2, 0) is 13.6 Å². The smallest absolute Gasteiger partial charge is 0.267 e. The van der Waals surface area contributed by atoms with E-state index in [1.807, 2.05) is 0 Å². The minimum absolute atomic E-state index is 0.644. The van der Waals surface area contributed by atoms with E-state index in [2.05, 4.69) is 36.7 Å². The predicted molar refractivity (Wildman–Crippen MR) is 154 cm³/mol. The molecule has 0 heterocycles. The van der Waals surface area contributed by atoms with Crippen molar-refractivity contribution >= 4 is 15.1 Å². The largest absolute Gasteiger partial charge is 0.756 e. The van der Waals surface area contributed by atoms with Crippen LogP contribution in [0.2, 0.25) is 0 Å². The highest BCUT2D eigenvalue weighted by molar-refractivity contribution is 7.75. The highest BCUT2D eigenvalue weighted by Gasteiger charge is 2.33. The molecule has 0 aromatic rings. The van der Waals surface area contributed by atoms with E-state index < -0.39 is 15.1 Å². The maximum Gasteiger partial charge on any atom is 0.267 e. The van der Waals surface area contributed by atoms with Crippen LogP contribution in [0.1, 0.15) is 143 Å². The van der Waals surface area contributed by atoms with E-state index in [0.717, 1.165) is 14.2 Å². The molecule has 0 spiro atoms. The Hall–Kier alpha value is 0.540. The van der Waals surface area contributed by atoms with Gasteiger partial charge in [-0.1, -0.05) is 97.8 Å². The van der Waals surface area contributed by atoms with Crippen LogP contribution in [-0.4, -0.2) is 38.9 Å². The van der Waals surface area contributed by atoms with Gasteiger partial charge >= 0.3 is 0 Å².